The molecule has 0 aromatic carbocycles. The Morgan fingerprint density at radius 1 is 1.67 bits per heavy atom. The van der Waals surface area contributed by atoms with Gasteiger partial charge in [-0.3, -0.25) is 0 Å². The summed E-state index contributed by atoms with van der Waals surface area (Å²) in [6.07, 6.45) is 2.64. The van der Waals surface area contributed by atoms with E-state index in [-0.39, 0.29) is 6.10 Å². The Hall–Kier alpha value is -0.340. The van der Waals surface area contributed by atoms with Gasteiger partial charge in [-0.25, -0.2) is 0 Å². The molecule has 0 spiro atoms. The summed E-state index contributed by atoms with van der Waals surface area (Å²) >= 11 is 0. The number of hydrogen-bond acceptors (Lipinski definition) is 2. The number of nitrogens with one attached hydrogen (secondary N) is 1. The minimum Gasteiger partial charge on any atom is -0.391 e. The van der Waals surface area contributed by atoms with Crippen molar-refractivity contribution in [3.63, 3.8) is 0 Å². The number of rotatable bonds is 2. The van der Waals surface area contributed by atoms with Crippen LogP contribution < -0.4 is 5.32 Å². The van der Waals surface area contributed by atoms with Gasteiger partial charge in [0.25, 0.3) is 0 Å². The van der Waals surface area contributed by atoms with E-state index in [4.69, 9.17) is 0 Å². The van der Waals surface area contributed by atoms with Gasteiger partial charge in [0.2, 0.25) is 0 Å². The molecule has 0 amide bonds. The molecule has 0 radical (unpaired) electrons. The number of β-amino-alcohol motifs (C(OH)–C–C–N with tert-alkyl or cyclic N) is 1. The fourth-order valence-electron chi connectivity index (χ4n) is 1.17. The molecule has 2 nitrogen and oxygen atoms in total. The van der Waals surface area contributed by atoms with E-state index in [1.807, 2.05) is 6.08 Å². The Morgan fingerprint density at radius 2 is 2.44 bits per heavy atom. The highest BCUT2D eigenvalue weighted by Gasteiger charge is 2.22. The zero-order valence-electron chi connectivity index (χ0n) is 5.51. The summed E-state index contributed by atoms with van der Waals surface area (Å²) in [5.74, 6) is 0.405. The molecule has 52 valence electrons. The highest BCUT2D eigenvalue weighted by atomic mass is 16.3. The first kappa shape index (κ1) is 6.78. The van der Waals surface area contributed by atoms with E-state index >= 15 is 0 Å². The van der Waals surface area contributed by atoms with Gasteiger partial charge in [0, 0.05) is 19.0 Å². The van der Waals surface area contributed by atoms with Gasteiger partial charge in [-0.2, -0.15) is 0 Å². The van der Waals surface area contributed by atoms with Crippen molar-refractivity contribution in [1.82, 2.24) is 5.32 Å². The fraction of sp³-hybridized carbons (Fsp3) is 0.714. The van der Waals surface area contributed by atoms with Crippen LogP contribution in [0.1, 0.15) is 6.42 Å². The van der Waals surface area contributed by atoms with Crippen LogP contribution in [0, 0.1) is 5.92 Å². The molecule has 1 aliphatic heterocycles. The van der Waals surface area contributed by atoms with Crippen LogP contribution in [-0.4, -0.2) is 24.3 Å². The number of aliphatic hydroxyl groups is 1. The normalized spacial score (nSPS) is 34.8. The van der Waals surface area contributed by atoms with E-state index < -0.39 is 0 Å². The summed E-state index contributed by atoms with van der Waals surface area (Å²) in [6, 6.07) is 0. The van der Waals surface area contributed by atoms with Crippen molar-refractivity contribution in [2.45, 2.75) is 12.5 Å². The highest BCUT2D eigenvalue weighted by molar-refractivity contribution is 4.85. The quantitative estimate of drug-likeness (QED) is 0.517. The topological polar surface area (TPSA) is 32.3 Å². The Labute approximate surface area is 55.6 Å². The minimum absolute atomic E-state index is 0.150. The average molecular weight is 127 g/mol. The van der Waals surface area contributed by atoms with Crippen LogP contribution in [0.25, 0.3) is 0 Å². The molecule has 2 atom stereocenters. The standard InChI is InChI=1S/C7H13NO/c1-2-3-6-4-8-5-7(6)9/h2,6-9H,1,3-5H2/t6-,7-/m1/s1. The third-order valence-electron chi connectivity index (χ3n) is 1.77. The summed E-state index contributed by atoms with van der Waals surface area (Å²) in [4.78, 5) is 0. The third kappa shape index (κ3) is 1.53. The van der Waals surface area contributed by atoms with Gasteiger partial charge < -0.3 is 10.4 Å². The maximum absolute atomic E-state index is 9.21. The van der Waals surface area contributed by atoms with Crippen LogP contribution in [0.2, 0.25) is 0 Å². The first-order chi connectivity index (χ1) is 4.34. The zero-order valence-corrected chi connectivity index (χ0v) is 5.51. The molecule has 1 fully saturated rings. The van der Waals surface area contributed by atoms with Crippen LogP contribution in [0.5, 0.6) is 0 Å². The molecular formula is C7H13NO. The first-order valence-electron chi connectivity index (χ1n) is 3.34. The van der Waals surface area contributed by atoms with E-state index in [9.17, 15) is 5.11 Å². The summed E-state index contributed by atoms with van der Waals surface area (Å²) in [5, 5.41) is 12.3. The van der Waals surface area contributed by atoms with Gasteiger partial charge >= 0.3 is 0 Å². The molecule has 1 aliphatic rings. The summed E-state index contributed by atoms with van der Waals surface area (Å²) in [6.45, 7) is 5.31. The molecular weight excluding hydrogens is 114 g/mol. The van der Waals surface area contributed by atoms with Crippen LogP contribution in [0.3, 0.4) is 0 Å². The zero-order chi connectivity index (χ0) is 6.69. The van der Waals surface area contributed by atoms with E-state index in [2.05, 4.69) is 11.9 Å². The van der Waals surface area contributed by atoms with Gasteiger partial charge in [0.1, 0.15) is 0 Å². The lowest BCUT2D eigenvalue weighted by molar-refractivity contribution is 0.149. The highest BCUT2D eigenvalue weighted by Crippen LogP contribution is 2.12. The van der Waals surface area contributed by atoms with Crippen molar-refractivity contribution in [1.29, 1.82) is 0 Å². The predicted molar refractivity (Wildman–Crippen MR) is 37.2 cm³/mol. The maximum Gasteiger partial charge on any atom is 0.0707 e. The first-order valence-corrected chi connectivity index (χ1v) is 3.34. The molecule has 0 saturated carbocycles. The number of hydrogen-bond donors (Lipinski definition) is 2. The van der Waals surface area contributed by atoms with Gasteiger partial charge in [0.15, 0.2) is 0 Å². The molecule has 1 heterocycles. The molecule has 0 aromatic rings. The lowest BCUT2D eigenvalue weighted by Crippen LogP contribution is -2.16. The summed E-state index contributed by atoms with van der Waals surface area (Å²) in [5.41, 5.74) is 0. The smallest absolute Gasteiger partial charge is 0.0707 e. The van der Waals surface area contributed by atoms with Crippen molar-refractivity contribution in [2.75, 3.05) is 13.1 Å². The Kier molecular flexibility index (Phi) is 2.25. The average Bonchev–Trinajstić information content (AvgIpc) is 2.18. The molecule has 0 aromatic heterocycles. The van der Waals surface area contributed by atoms with Crippen molar-refractivity contribution in [3.8, 4) is 0 Å². The van der Waals surface area contributed by atoms with E-state index in [0.717, 1.165) is 19.5 Å². The lowest BCUT2D eigenvalue weighted by atomic mass is 10.0. The van der Waals surface area contributed by atoms with Crippen molar-refractivity contribution < 1.29 is 5.11 Å². The lowest BCUT2D eigenvalue weighted by Gasteiger charge is -2.08. The van der Waals surface area contributed by atoms with Crippen LogP contribution in [0.15, 0.2) is 12.7 Å². The van der Waals surface area contributed by atoms with Gasteiger partial charge in [0.05, 0.1) is 6.10 Å². The molecule has 2 heteroatoms. The molecule has 2 N–H and O–H groups in total. The van der Waals surface area contributed by atoms with E-state index in [1.165, 1.54) is 0 Å². The van der Waals surface area contributed by atoms with Crippen LogP contribution >= 0.6 is 0 Å². The second-order valence-corrected chi connectivity index (χ2v) is 2.51. The van der Waals surface area contributed by atoms with Crippen molar-refractivity contribution >= 4 is 0 Å². The van der Waals surface area contributed by atoms with E-state index in [0.29, 0.717) is 5.92 Å². The van der Waals surface area contributed by atoms with Crippen molar-refractivity contribution in [3.05, 3.63) is 12.7 Å². The maximum atomic E-state index is 9.21. The Balaban J connectivity index is 2.30. The SMILES string of the molecule is C=CC[C@@H]1CNC[C@H]1O. The molecule has 0 bridgehead atoms. The molecule has 0 unspecified atom stereocenters. The van der Waals surface area contributed by atoms with Gasteiger partial charge in [-0.1, -0.05) is 6.08 Å². The molecule has 0 aliphatic carbocycles. The Bertz CT molecular complexity index is 103. The van der Waals surface area contributed by atoms with Crippen molar-refractivity contribution in [2.24, 2.45) is 5.92 Å². The van der Waals surface area contributed by atoms with Gasteiger partial charge in [-0.15, -0.1) is 6.58 Å². The van der Waals surface area contributed by atoms with E-state index in [1.54, 1.807) is 0 Å². The molecule has 9 heavy (non-hydrogen) atoms. The second-order valence-electron chi connectivity index (χ2n) is 2.51. The van der Waals surface area contributed by atoms with Crippen LogP contribution in [-0.2, 0) is 0 Å². The second kappa shape index (κ2) is 2.99. The third-order valence-corrected chi connectivity index (χ3v) is 1.77. The number of aliphatic hydroxyl groups excluding tert-OH is 1. The monoisotopic (exact) mass is 127 g/mol. The fourth-order valence-corrected chi connectivity index (χ4v) is 1.17. The summed E-state index contributed by atoms with van der Waals surface area (Å²) < 4.78 is 0. The van der Waals surface area contributed by atoms with Crippen LogP contribution in [0.4, 0.5) is 0 Å². The number of allylic oxidation sites excluding steroid dienone is 1. The van der Waals surface area contributed by atoms with Gasteiger partial charge in [-0.05, 0) is 6.42 Å². The predicted octanol–water partition coefficient (Wildman–Crippen LogP) is 0.143. The largest absolute Gasteiger partial charge is 0.391 e. The Morgan fingerprint density at radius 3 is 2.89 bits per heavy atom. The molecule has 1 rings (SSSR count). The molecule has 1 saturated heterocycles. The summed E-state index contributed by atoms with van der Waals surface area (Å²) in [7, 11) is 0. The minimum atomic E-state index is -0.150.